The zero-order chi connectivity index (χ0) is 12.5. The van der Waals surface area contributed by atoms with Gasteiger partial charge in [-0.05, 0) is 31.9 Å². The van der Waals surface area contributed by atoms with Crippen LogP contribution in [0.3, 0.4) is 0 Å². The second kappa shape index (κ2) is 5.06. The molecule has 0 bridgehead atoms. The summed E-state index contributed by atoms with van der Waals surface area (Å²) in [6.07, 6.45) is 5.94. The number of hydrogen-bond acceptors (Lipinski definition) is 3. The minimum Gasteiger partial charge on any atom is -0.351 e. The lowest BCUT2D eigenvalue weighted by molar-refractivity contribution is 0.106. The van der Waals surface area contributed by atoms with Crippen LogP contribution in [-0.2, 0) is 0 Å². The van der Waals surface area contributed by atoms with E-state index < -0.39 is 0 Å². The maximum Gasteiger partial charge on any atom is 0.128 e. The van der Waals surface area contributed by atoms with E-state index in [1.54, 1.807) is 6.20 Å². The van der Waals surface area contributed by atoms with Crippen LogP contribution in [0, 0.1) is 0 Å². The number of anilines is 1. The summed E-state index contributed by atoms with van der Waals surface area (Å²) in [5.41, 5.74) is 0. The molecule has 4 heteroatoms. The van der Waals surface area contributed by atoms with Crippen LogP contribution >= 0.6 is 11.6 Å². The van der Waals surface area contributed by atoms with Gasteiger partial charge in [0.05, 0.1) is 5.02 Å². The highest BCUT2D eigenvalue weighted by Crippen LogP contribution is 2.28. The van der Waals surface area contributed by atoms with E-state index in [-0.39, 0.29) is 0 Å². The molecule has 1 saturated heterocycles. The van der Waals surface area contributed by atoms with Gasteiger partial charge in [0, 0.05) is 37.9 Å². The van der Waals surface area contributed by atoms with Crippen molar-refractivity contribution in [3.63, 3.8) is 0 Å². The lowest BCUT2D eigenvalue weighted by atomic mass is 9.90. The van der Waals surface area contributed by atoms with Gasteiger partial charge in [-0.25, -0.2) is 4.98 Å². The van der Waals surface area contributed by atoms with E-state index in [2.05, 4.69) is 21.7 Å². The number of piperazine rings is 1. The quantitative estimate of drug-likeness (QED) is 0.820. The third kappa shape index (κ3) is 2.34. The van der Waals surface area contributed by atoms with Crippen LogP contribution < -0.4 is 4.90 Å². The van der Waals surface area contributed by atoms with Gasteiger partial charge in [0.25, 0.3) is 0 Å². The fourth-order valence-electron chi connectivity index (χ4n) is 2.95. The van der Waals surface area contributed by atoms with Crippen molar-refractivity contribution in [2.45, 2.75) is 38.3 Å². The molecule has 0 aromatic carbocycles. The van der Waals surface area contributed by atoms with Crippen molar-refractivity contribution in [2.75, 3.05) is 24.5 Å². The molecule has 3 rings (SSSR count). The Hall–Kier alpha value is -0.800. The largest absolute Gasteiger partial charge is 0.351 e. The zero-order valence-electron chi connectivity index (χ0n) is 10.8. The number of rotatable bonds is 2. The molecule has 2 aliphatic rings. The fourth-order valence-corrected chi connectivity index (χ4v) is 3.06. The molecule has 0 spiro atoms. The van der Waals surface area contributed by atoms with E-state index in [0.29, 0.717) is 11.1 Å². The summed E-state index contributed by atoms with van der Waals surface area (Å²) < 4.78 is 0. The van der Waals surface area contributed by atoms with Crippen molar-refractivity contribution < 1.29 is 0 Å². The predicted octanol–water partition coefficient (Wildman–Crippen LogP) is 2.80. The van der Waals surface area contributed by atoms with Gasteiger partial charge in [-0.2, -0.15) is 0 Å². The van der Waals surface area contributed by atoms with Crippen LogP contribution in [-0.4, -0.2) is 41.6 Å². The zero-order valence-corrected chi connectivity index (χ0v) is 11.6. The maximum absolute atomic E-state index is 5.89. The first kappa shape index (κ1) is 12.2. The Morgan fingerprint density at radius 3 is 2.67 bits per heavy atom. The maximum atomic E-state index is 5.89. The van der Waals surface area contributed by atoms with Crippen LogP contribution in [0.1, 0.15) is 26.2 Å². The molecule has 1 aromatic rings. The van der Waals surface area contributed by atoms with E-state index in [4.69, 9.17) is 11.6 Å². The third-order valence-corrected chi connectivity index (χ3v) is 4.48. The first-order chi connectivity index (χ1) is 8.74. The lowest BCUT2D eigenvalue weighted by Crippen LogP contribution is -2.56. The molecule has 3 nitrogen and oxygen atoms in total. The molecular formula is C14H20ClN3. The molecule has 1 atom stereocenters. The molecule has 1 aromatic heterocycles. The average Bonchev–Trinajstić information content (AvgIpc) is 2.29. The Bertz CT molecular complexity index is 402. The summed E-state index contributed by atoms with van der Waals surface area (Å²) in [4.78, 5) is 9.48. The minimum atomic E-state index is 0.535. The summed E-state index contributed by atoms with van der Waals surface area (Å²) in [5, 5.41) is 0.708. The van der Waals surface area contributed by atoms with Crippen LogP contribution in [0.2, 0.25) is 5.02 Å². The topological polar surface area (TPSA) is 19.4 Å². The Balaban J connectivity index is 1.66. The molecule has 1 saturated carbocycles. The number of halogens is 1. The monoisotopic (exact) mass is 265 g/mol. The highest BCUT2D eigenvalue weighted by Gasteiger charge is 2.31. The normalized spacial score (nSPS) is 26.1. The second-order valence-corrected chi connectivity index (χ2v) is 5.89. The molecular weight excluding hydrogens is 246 g/mol. The Morgan fingerprint density at radius 2 is 2.11 bits per heavy atom. The molecule has 1 aliphatic heterocycles. The van der Waals surface area contributed by atoms with Gasteiger partial charge in [-0.3, -0.25) is 4.90 Å². The number of aromatic nitrogens is 1. The number of pyridine rings is 1. The SMILES string of the molecule is C[C@H]1CN(C2CCC2)CCN1c1ccc(Cl)cn1. The van der Waals surface area contributed by atoms with Crippen molar-refractivity contribution in [1.29, 1.82) is 0 Å². The van der Waals surface area contributed by atoms with Gasteiger partial charge >= 0.3 is 0 Å². The summed E-state index contributed by atoms with van der Waals surface area (Å²) in [6.45, 7) is 5.70. The van der Waals surface area contributed by atoms with Gasteiger partial charge in [0.15, 0.2) is 0 Å². The van der Waals surface area contributed by atoms with Crippen molar-refractivity contribution >= 4 is 17.4 Å². The fraction of sp³-hybridized carbons (Fsp3) is 0.643. The molecule has 18 heavy (non-hydrogen) atoms. The highest BCUT2D eigenvalue weighted by atomic mass is 35.5. The van der Waals surface area contributed by atoms with Crippen LogP contribution in [0.15, 0.2) is 18.3 Å². The molecule has 1 aliphatic carbocycles. The Labute approximate surface area is 114 Å². The standard InChI is InChI=1S/C14H20ClN3/c1-11-10-17(13-3-2-4-13)7-8-18(11)14-6-5-12(15)9-16-14/h5-6,9,11,13H,2-4,7-8,10H2,1H3/t11-/m0/s1. The van der Waals surface area contributed by atoms with E-state index >= 15 is 0 Å². The molecule has 0 unspecified atom stereocenters. The van der Waals surface area contributed by atoms with Crippen molar-refractivity contribution in [3.8, 4) is 0 Å². The number of nitrogens with zero attached hydrogens (tertiary/aromatic N) is 3. The van der Waals surface area contributed by atoms with Crippen LogP contribution in [0.4, 0.5) is 5.82 Å². The molecule has 0 radical (unpaired) electrons. The molecule has 98 valence electrons. The molecule has 0 amide bonds. The second-order valence-electron chi connectivity index (χ2n) is 5.46. The van der Waals surface area contributed by atoms with E-state index in [0.717, 1.165) is 24.9 Å². The predicted molar refractivity (Wildman–Crippen MR) is 75.3 cm³/mol. The van der Waals surface area contributed by atoms with Crippen LogP contribution in [0.5, 0.6) is 0 Å². The van der Waals surface area contributed by atoms with E-state index in [1.165, 1.54) is 25.8 Å². The smallest absolute Gasteiger partial charge is 0.128 e. The van der Waals surface area contributed by atoms with Gasteiger partial charge in [0.2, 0.25) is 0 Å². The lowest BCUT2D eigenvalue weighted by Gasteiger charge is -2.46. The number of hydrogen-bond donors (Lipinski definition) is 0. The van der Waals surface area contributed by atoms with Gasteiger partial charge < -0.3 is 4.90 Å². The van der Waals surface area contributed by atoms with Crippen molar-refractivity contribution in [3.05, 3.63) is 23.4 Å². The summed E-state index contributed by atoms with van der Waals surface area (Å²) >= 11 is 5.89. The molecule has 2 fully saturated rings. The summed E-state index contributed by atoms with van der Waals surface area (Å²) in [7, 11) is 0. The molecule has 0 N–H and O–H groups in total. The van der Waals surface area contributed by atoms with Crippen molar-refractivity contribution in [1.82, 2.24) is 9.88 Å². The summed E-state index contributed by atoms with van der Waals surface area (Å²) in [6, 6.07) is 5.34. The van der Waals surface area contributed by atoms with Gasteiger partial charge in [-0.1, -0.05) is 18.0 Å². The van der Waals surface area contributed by atoms with Gasteiger partial charge in [0.1, 0.15) is 5.82 Å². The molecule has 2 heterocycles. The van der Waals surface area contributed by atoms with E-state index in [1.807, 2.05) is 12.1 Å². The van der Waals surface area contributed by atoms with Crippen LogP contribution in [0.25, 0.3) is 0 Å². The minimum absolute atomic E-state index is 0.535. The van der Waals surface area contributed by atoms with E-state index in [9.17, 15) is 0 Å². The first-order valence-electron chi connectivity index (χ1n) is 6.86. The van der Waals surface area contributed by atoms with Crippen molar-refractivity contribution in [2.24, 2.45) is 0 Å². The Kier molecular flexibility index (Phi) is 3.44. The first-order valence-corrected chi connectivity index (χ1v) is 7.24. The third-order valence-electron chi connectivity index (χ3n) is 4.26. The average molecular weight is 266 g/mol. The van der Waals surface area contributed by atoms with Gasteiger partial charge in [-0.15, -0.1) is 0 Å². The highest BCUT2D eigenvalue weighted by molar-refractivity contribution is 6.30. The Morgan fingerprint density at radius 1 is 1.28 bits per heavy atom. The summed E-state index contributed by atoms with van der Waals surface area (Å²) in [5.74, 6) is 1.06.